The van der Waals surface area contributed by atoms with Gasteiger partial charge in [0.15, 0.2) is 0 Å². The summed E-state index contributed by atoms with van der Waals surface area (Å²) >= 11 is 0. The SMILES string of the molecule is CC1=C(C#N)C(=O)N(CCCOC(C)C)C(=O)/C1=C/c1cn(-c2ccccc2)nc1-c1cccc(S(=O)(=O)N(C)C)c1. The molecule has 4 rings (SSSR count). The molecule has 0 bridgehead atoms. The van der Waals surface area contributed by atoms with Crippen LogP contribution in [0, 0.1) is 11.3 Å². The molecule has 0 saturated carbocycles. The van der Waals surface area contributed by atoms with Gasteiger partial charge in [-0.05, 0) is 63.1 Å². The highest BCUT2D eigenvalue weighted by molar-refractivity contribution is 7.89. The maximum Gasteiger partial charge on any atom is 0.271 e. The summed E-state index contributed by atoms with van der Waals surface area (Å²) in [7, 11) is -0.802. The van der Waals surface area contributed by atoms with Gasteiger partial charge in [0.05, 0.1) is 16.7 Å². The number of nitrogens with zero attached hydrogens (tertiary/aromatic N) is 5. The lowest BCUT2D eigenvalue weighted by molar-refractivity contribution is -0.140. The lowest BCUT2D eigenvalue weighted by Crippen LogP contribution is -2.43. The van der Waals surface area contributed by atoms with Gasteiger partial charge >= 0.3 is 0 Å². The van der Waals surface area contributed by atoms with Crippen molar-refractivity contribution >= 4 is 27.9 Å². The zero-order chi connectivity index (χ0) is 30.6. The highest BCUT2D eigenvalue weighted by Gasteiger charge is 2.35. The Morgan fingerprint density at radius 2 is 1.79 bits per heavy atom. The molecule has 0 radical (unpaired) electrons. The zero-order valence-corrected chi connectivity index (χ0v) is 25.1. The van der Waals surface area contributed by atoms with Crippen molar-refractivity contribution in [2.24, 2.45) is 0 Å². The number of ether oxygens (including phenoxy) is 1. The predicted octanol–water partition coefficient (Wildman–Crippen LogP) is 4.20. The molecule has 218 valence electrons. The van der Waals surface area contributed by atoms with E-state index in [9.17, 15) is 23.3 Å². The van der Waals surface area contributed by atoms with E-state index in [4.69, 9.17) is 9.84 Å². The number of hydrogen-bond donors (Lipinski definition) is 0. The van der Waals surface area contributed by atoms with Crippen LogP contribution in [0.2, 0.25) is 0 Å². The second-order valence-electron chi connectivity index (χ2n) is 10.2. The monoisotopic (exact) mass is 587 g/mol. The molecule has 2 heterocycles. The summed E-state index contributed by atoms with van der Waals surface area (Å²) in [5.74, 6) is -1.16. The maximum atomic E-state index is 13.7. The van der Waals surface area contributed by atoms with Gasteiger partial charge in [0.25, 0.3) is 11.8 Å². The summed E-state index contributed by atoms with van der Waals surface area (Å²) in [4.78, 5) is 27.9. The Morgan fingerprint density at radius 1 is 1.07 bits per heavy atom. The van der Waals surface area contributed by atoms with Crippen LogP contribution in [-0.4, -0.2) is 72.6 Å². The average molecular weight is 588 g/mol. The molecule has 0 spiro atoms. The first-order valence-corrected chi connectivity index (χ1v) is 14.9. The minimum absolute atomic E-state index is 0.0100. The number of para-hydroxylation sites is 1. The largest absolute Gasteiger partial charge is 0.379 e. The third kappa shape index (κ3) is 6.26. The number of sulfonamides is 1. The maximum absolute atomic E-state index is 13.7. The molecule has 0 N–H and O–H groups in total. The molecule has 11 heteroatoms. The smallest absolute Gasteiger partial charge is 0.271 e. The van der Waals surface area contributed by atoms with E-state index in [1.807, 2.05) is 50.2 Å². The second kappa shape index (κ2) is 12.7. The first-order chi connectivity index (χ1) is 19.9. The number of imide groups is 1. The summed E-state index contributed by atoms with van der Waals surface area (Å²) in [6, 6.07) is 17.7. The van der Waals surface area contributed by atoms with Gasteiger partial charge in [0.2, 0.25) is 10.0 Å². The second-order valence-corrected chi connectivity index (χ2v) is 12.4. The van der Waals surface area contributed by atoms with Gasteiger partial charge in [0.1, 0.15) is 17.3 Å². The quantitative estimate of drug-likeness (QED) is 0.198. The van der Waals surface area contributed by atoms with Gasteiger partial charge in [-0.3, -0.25) is 14.5 Å². The van der Waals surface area contributed by atoms with Crippen LogP contribution in [0.25, 0.3) is 23.0 Å². The first-order valence-electron chi connectivity index (χ1n) is 13.4. The zero-order valence-electron chi connectivity index (χ0n) is 24.2. The molecular formula is C31H33N5O5S. The highest BCUT2D eigenvalue weighted by atomic mass is 32.2. The summed E-state index contributed by atoms with van der Waals surface area (Å²) in [5.41, 5.74) is 2.55. The van der Waals surface area contributed by atoms with Crippen molar-refractivity contribution in [3.8, 4) is 23.0 Å². The molecule has 3 aromatic rings. The van der Waals surface area contributed by atoms with Crippen molar-refractivity contribution in [1.29, 1.82) is 5.26 Å². The van der Waals surface area contributed by atoms with Crippen LogP contribution in [0.15, 0.2) is 82.4 Å². The predicted molar refractivity (Wildman–Crippen MR) is 159 cm³/mol. The third-order valence-corrected chi connectivity index (χ3v) is 8.56. The van der Waals surface area contributed by atoms with Gasteiger partial charge in [-0.15, -0.1) is 0 Å². The van der Waals surface area contributed by atoms with E-state index >= 15 is 0 Å². The lowest BCUT2D eigenvalue weighted by atomic mass is 9.93. The number of carbonyl (C=O) groups excluding carboxylic acids is 2. The Kier molecular flexibility index (Phi) is 9.21. The van der Waals surface area contributed by atoms with Crippen LogP contribution in [0.3, 0.4) is 0 Å². The van der Waals surface area contributed by atoms with Crippen LogP contribution >= 0.6 is 0 Å². The van der Waals surface area contributed by atoms with Gasteiger partial charge in [-0.25, -0.2) is 17.4 Å². The van der Waals surface area contributed by atoms with Gasteiger partial charge in [-0.2, -0.15) is 10.4 Å². The summed E-state index contributed by atoms with van der Waals surface area (Å²) in [5, 5.41) is 14.6. The van der Waals surface area contributed by atoms with Crippen LogP contribution in [0.5, 0.6) is 0 Å². The van der Waals surface area contributed by atoms with E-state index in [1.54, 1.807) is 36.0 Å². The van der Waals surface area contributed by atoms with Gasteiger partial charge in [0, 0.05) is 50.1 Å². The molecule has 10 nitrogen and oxygen atoms in total. The Labute approximate surface area is 246 Å². The van der Waals surface area contributed by atoms with Crippen molar-refractivity contribution in [2.75, 3.05) is 27.2 Å². The highest BCUT2D eigenvalue weighted by Crippen LogP contribution is 2.32. The third-order valence-electron chi connectivity index (χ3n) is 6.75. The Hall–Kier alpha value is -4.37. The molecule has 42 heavy (non-hydrogen) atoms. The topological polar surface area (TPSA) is 126 Å². The fourth-order valence-electron chi connectivity index (χ4n) is 4.47. The van der Waals surface area contributed by atoms with Gasteiger partial charge < -0.3 is 4.74 Å². The molecule has 1 aliphatic rings. The number of rotatable bonds is 10. The molecule has 0 saturated heterocycles. The van der Waals surface area contributed by atoms with E-state index in [-0.39, 0.29) is 34.3 Å². The van der Waals surface area contributed by atoms with Crippen LogP contribution in [0.1, 0.15) is 32.8 Å². The first kappa shape index (κ1) is 30.6. The van der Waals surface area contributed by atoms with Crippen molar-refractivity contribution < 1.29 is 22.7 Å². The van der Waals surface area contributed by atoms with E-state index in [2.05, 4.69) is 0 Å². The number of benzene rings is 2. The molecular weight excluding hydrogens is 554 g/mol. The molecule has 0 fully saturated rings. The lowest BCUT2D eigenvalue weighted by Gasteiger charge is -2.27. The molecule has 0 unspecified atom stereocenters. The van der Waals surface area contributed by atoms with E-state index in [1.165, 1.54) is 26.2 Å². The molecule has 2 aromatic carbocycles. The van der Waals surface area contributed by atoms with Crippen molar-refractivity contribution in [1.82, 2.24) is 19.0 Å². The molecule has 0 aliphatic carbocycles. The Bertz CT molecular complexity index is 1710. The van der Waals surface area contributed by atoms with Crippen LogP contribution < -0.4 is 0 Å². The summed E-state index contributed by atoms with van der Waals surface area (Å²) in [6.45, 7) is 5.83. The van der Waals surface area contributed by atoms with E-state index < -0.39 is 21.8 Å². The minimum atomic E-state index is -3.72. The normalized spacial score (nSPS) is 15.3. The Morgan fingerprint density at radius 3 is 2.43 bits per heavy atom. The standard InChI is InChI=1S/C31H33N5O5S/c1-21(2)41-16-10-15-35-30(37)27(22(3)28(19-32)31(35)38)18-24-20-36(25-12-7-6-8-13-25)33-29(24)23-11-9-14-26(17-23)42(39,40)34(4)5/h6-9,11-14,17-18,20-21H,10,15-16H2,1-5H3/b27-18+. The van der Waals surface area contributed by atoms with E-state index in [0.717, 1.165) is 14.9 Å². The fourth-order valence-corrected chi connectivity index (χ4v) is 5.42. The number of amides is 2. The van der Waals surface area contributed by atoms with Gasteiger partial charge in [-0.1, -0.05) is 30.3 Å². The molecule has 1 aliphatic heterocycles. The summed E-state index contributed by atoms with van der Waals surface area (Å²) < 4.78 is 34.1. The number of aromatic nitrogens is 2. The van der Waals surface area contributed by atoms with Crippen molar-refractivity contribution in [3.63, 3.8) is 0 Å². The van der Waals surface area contributed by atoms with Crippen LogP contribution in [0.4, 0.5) is 0 Å². The molecule has 2 amide bonds. The summed E-state index contributed by atoms with van der Waals surface area (Å²) in [6.07, 6.45) is 3.77. The number of hydrogen-bond acceptors (Lipinski definition) is 7. The van der Waals surface area contributed by atoms with Crippen LogP contribution in [-0.2, 0) is 24.3 Å². The fraction of sp³-hybridized carbons (Fsp3) is 0.290. The molecule has 0 atom stereocenters. The average Bonchev–Trinajstić information content (AvgIpc) is 3.39. The number of carbonyl (C=O) groups is 2. The molecule has 1 aromatic heterocycles. The minimum Gasteiger partial charge on any atom is -0.379 e. The van der Waals surface area contributed by atoms with Crippen molar-refractivity contribution in [3.05, 3.63) is 83.1 Å². The van der Waals surface area contributed by atoms with Crippen molar-refractivity contribution in [2.45, 2.75) is 38.2 Å². The Balaban J connectivity index is 1.86. The van der Waals surface area contributed by atoms with E-state index in [0.29, 0.717) is 29.8 Å². The number of nitriles is 1.